The zero-order valence-electron chi connectivity index (χ0n) is 11.0. The van der Waals surface area contributed by atoms with Gasteiger partial charge in [-0.15, -0.1) is 0 Å². The third-order valence-electron chi connectivity index (χ3n) is 2.79. The molecule has 0 aliphatic carbocycles. The third kappa shape index (κ3) is 3.94. The molecule has 6 heteroatoms. The molecule has 4 N–H and O–H groups in total. The third-order valence-corrected chi connectivity index (χ3v) is 2.79. The van der Waals surface area contributed by atoms with Crippen LogP contribution in [0.4, 0.5) is 4.39 Å². The molecule has 0 radical (unpaired) electrons. The molecule has 1 amide bonds. The number of amidine groups is 1. The van der Waals surface area contributed by atoms with Crippen molar-refractivity contribution in [2.75, 3.05) is 0 Å². The van der Waals surface area contributed by atoms with Crippen LogP contribution in [0.3, 0.4) is 0 Å². The summed E-state index contributed by atoms with van der Waals surface area (Å²) in [6, 6.07) is 3.66. The maximum atomic E-state index is 13.4. The van der Waals surface area contributed by atoms with Crippen molar-refractivity contribution in [1.82, 2.24) is 5.32 Å². The number of halogens is 1. The minimum atomic E-state index is -0.563. The van der Waals surface area contributed by atoms with E-state index in [1.807, 2.05) is 6.92 Å². The molecule has 0 heterocycles. The van der Waals surface area contributed by atoms with Crippen LogP contribution in [0.25, 0.3) is 0 Å². The quantitative estimate of drug-likeness (QED) is 0.329. The van der Waals surface area contributed by atoms with Gasteiger partial charge in [-0.3, -0.25) is 4.79 Å². The first-order valence-electron chi connectivity index (χ1n) is 6.04. The molecule has 0 aliphatic rings. The SMILES string of the molecule is CCCC(NC(=O)c1ccc(C)c(F)c1)/C(N)=N/O. The van der Waals surface area contributed by atoms with Crippen molar-refractivity contribution in [2.45, 2.75) is 32.7 Å². The van der Waals surface area contributed by atoms with E-state index in [4.69, 9.17) is 10.9 Å². The number of nitrogens with zero attached hydrogens (tertiary/aromatic N) is 1. The van der Waals surface area contributed by atoms with E-state index in [1.165, 1.54) is 18.2 Å². The minimum absolute atomic E-state index is 0.0669. The Hall–Kier alpha value is -2.11. The van der Waals surface area contributed by atoms with Gasteiger partial charge >= 0.3 is 0 Å². The van der Waals surface area contributed by atoms with E-state index in [2.05, 4.69) is 10.5 Å². The Kier molecular flexibility index (Phi) is 5.29. The van der Waals surface area contributed by atoms with Gasteiger partial charge in [0.15, 0.2) is 5.84 Å². The van der Waals surface area contributed by atoms with Crippen LogP contribution in [0.5, 0.6) is 0 Å². The molecule has 104 valence electrons. The molecule has 5 nitrogen and oxygen atoms in total. The van der Waals surface area contributed by atoms with Gasteiger partial charge in [-0.2, -0.15) is 0 Å². The highest BCUT2D eigenvalue weighted by Gasteiger charge is 2.17. The van der Waals surface area contributed by atoms with Crippen molar-refractivity contribution in [3.63, 3.8) is 0 Å². The van der Waals surface area contributed by atoms with Gasteiger partial charge < -0.3 is 16.3 Å². The predicted octanol–water partition coefficient (Wildman–Crippen LogP) is 1.78. The molecular formula is C13H18FN3O2. The second kappa shape index (κ2) is 6.72. The Balaban J connectivity index is 2.84. The Morgan fingerprint density at radius 2 is 2.26 bits per heavy atom. The zero-order valence-corrected chi connectivity index (χ0v) is 11.0. The Morgan fingerprint density at radius 1 is 1.58 bits per heavy atom. The molecule has 1 aromatic carbocycles. The van der Waals surface area contributed by atoms with Crippen LogP contribution in [0.1, 0.15) is 35.7 Å². The normalized spacial score (nSPS) is 13.1. The first kappa shape index (κ1) is 14.9. The van der Waals surface area contributed by atoms with Crippen molar-refractivity contribution >= 4 is 11.7 Å². The lowest BCUT2D eigenvalue weighted by atomic mass is 10.1. The summed E-state index contributed by atoms with van der Waals surface area (Å²) >= 11 is 0. The molecule has 0 saturated heterocycles. The monoisotopic (exact) mass is 267 g/mol. The average molecular weight is 267 g/mol. The topological polar surface area (TPSA) is 87.7 Å². The highest BCUT2D eigenvalue weighted by molar-refractivity contribution is 5.98. The smallest absolute Gasteiger partial charge is 0.251 e. The Morgan fingerprint density at radius 3 is 2.79 bits per heavy atom. The summed E-state index contributed by atoms with van der Waals surface area (Å²) in [5.41, 5.74) is 6.17. The van der Waals surface area contributed by atoms with E-state index < -0.39 is 17.8 Å². The van der Waals surface area contributed by atoms with Crippen LogP contribution < -0.4 is 11.1 Å². The number of carbonyl (C=O) groups excluding carboxylic acids is 1. The van der Waals surface area contributed by atoms with Crippen molar-refractivity contribution in [2.24, 2.45) is 10.9 Å². The van der Waals surface area contributed by atoms with E-state index in [0.29, 0.717) is 12.0 Å². The fraction of sp³-hybridized carbons (Fsp3) is 0.385. The predicted molar refractivity (Wildman–Crippen MR) is 70.7 cm³/mol. The Bertz CT molecular complexity index is 489. The van der Waals surface area contributed by atoms with Gasteiger partial charge in [-0.1, -0.05) is 24.6 Å². The molecule has 0 spiro atoms. The molecule has 19 heavy (non-hydrogen) atoms. The second-order valence-corrected chi connectivity index (χ2v) is 4.30. The number of hydrogen-bond acceptors (Lipinski definition) is 3. The second-order valence-electron chi connectivity index (χ2n) is 4.30. The summed E-state index contributed by atoms with van der Waals surface area (Å²) < 4.78 is 13.4. The van der Waals surface area contributed by atoms with Gasteiger partial charge in [0.05, 0.1) is 6.04 Å². The molecule has 1 atom stereocenters. The largest absolute Gasteiger partial charge is 0.409 e. The fourth-order valence-electron chi connectivity index (χ4n) is 1.63. The number of benzene rings is 1. The number of rotatable bonds is 5. The molecule has 0 saturated carbocycles. The maximum Gasteiger partial charge on any atom is 0.251 e. The van der Waals surface area contributed by atoms with Crippen molar-refractivity contribution in [3.05, 3.63) is 35.1 Å². The summed E-state index contributed by atoms with van der Waals surface area (Å²) in [6.45, 7) is 3.53. The molecule has 0 aromatic heterocycles. The molecule has 0 aliphatic heterocycles. The fourth-order valence-corrected chi connectivity index (χ4v) is 1.63. The lowest BCUT2D eigenvalue weighted by Gasteiger charge is -2.16. The van der Waals surface area contributed by atoms with Crippen LogP contribution in [0.2, 0.25) is 0 Å². The average Bonchev–Trinajstić information content (AvgIpc) is 2.40. The van der Waals surface area contributed by atoms with Gasteiger partial charge in [0, 0.05) is 5.56 Å². The number of hydrogen-bond donors (Lipinski definition) is 3. The summed E-state index contributed by atoms with van der Waals surface area (Å²) in [5, 5.41) is 14.1. The van der Waals surface area contributed by atoms with E-state index in [0.717, 1.165) is 6.42 Å². The van der Waals surface area contributed by atoms with Gasteiger partial charge in [0.2, 0.25) is 0 Å². The number of carbonyl (C=O) groups is 1. The van der Waals surface area contributed by atoms with Gasteiger partial charge in [0.1, 0.15) is 5.82 Å². The summed E-state index contributed by atoms with van der Waals surface area (Å²) in [7, 11) is 0. The number of amides is 1. The van der Waals surface area contributed by atoms with Crippen LogP contribution in [0.15, 0.2) is 23.4 Å². The maximum absolute atomic E-state index is 13.4. The van der Waals surface area contributed by atoms with Crippen molar-refractivity contribution < 1.29 is 14.4 Å². The van der Waals surface area contributed by atoms with E-state index in [9.17, 15) is 9.18 Å². The highest BCUT2D eigenvalue weighted by atomic mass is 19.1. The van der Waals surface area contributed by atoms with Gasteiger partial charge in [-0.25, -0.2) is 4.39 Å². The van der Waals surface area contributed by atoms with Crippen LogP contribution >= 0.6 is 0 Å². The molecule has 1 rings (SSSR count). The number of oxime groups is 1. The van der Waals surface area contributed by atoms with E-state index in [1.54, 1.807) is 6.92 Å². The molecule has 1 unspecified atom stereocenters. The standard InChI is InChI=1S/C13H18FN3O2/c1-3-4-11(12(15)17-19)16-13(18)9-6-5-8(2)10(14)7-9/h5-7,11,19H,3-4H2,1-2H3,(H2,15,17)(H,16,18). The van der Waals surface area contributed by atoms with E-state index in [-0.39, 0.29) is 11.4 Å². The minimum Gasteiger partial charge on any atom is -0.409 e. The summed E-state index contributed by atoms with van der Waals surface area (Å²) in [6.07, 6.45) is 1.29. The first-order valence-corrected chi connectivity index (χ1v) is 6.04. The molecule has 0 bridgehead atoms. The van der Waals surface area contributed by atoms with Gasteiger partial charge in [-0.05, 0) is 31.0 Å². The molecular weight excluding hydrogens is 249 g/mol. The zero-order chi connectivity index (χ0) is 14.4. The van der Waals surface area contributed by atoms with Gasteiger partial charge in [0.25, 0.3) is 5.91 Å². The van der Waals surface area contributed by atoms with Crippen LogP contribution in [-0.2, 0) is 0 Å². The Labute approximate surface area is 111 Å². The summed E-state index contributed by atoms with van der Waals surface area (Å²) in [4.78, 5) is 11.9. The molecule has 1 aromatic rings. The first-order chi connectivity index (χ1) is 8.99. The summed E-state index contributed by atoms with van der Waals surface area (Å²) in [5.74, 6) is -0.963. The molecule has 0 fully saturated rings. The van der Waals surface area contributed by atoms with Crippen molar-refractivity contribution in [1.29, 1.82) is 0 Å². The van der Waals surface area contributed by atoms with Crippen molar-refractivity contribution in [3.8, 4) is 0 Å². The van der Waals surface area contributed by atoms with Crippen LogP contribution in [0, 0.1) is 12.7 Å². The van der Waals surface area contributed by atoms with Crippen LogP contribution in [-0.4, -0.2) is 23.0 Å². The number of nitrogens with two attached hydrogens (primary N) is 1. The lowest BCUT2D eigenvalue weighted by Crippen LogP contribution is -2.44. The number of nitrogens with one attached hydrogen (secondary N) is 1. The van der Waals surface area contributed by atoms with E-state index >= 15 is 0 Å². The highest BCUT2D eigenvalue weighted by Crippen LogP contribution is 2.09. The lowest BCUT2D eigenvalue weighted by molar-refractivity contribution is 0.0944. The number of aryl methyl sites for hydroxylation is 1.